The molecule has 12 rings (SSSR count). The van der Waals surface area contributed by atoms with Gasteiger partial charge in [-0.3, -0.25) is 38.0 Å². The second kappa shape index (κ2) is 36.8. The van der Waals surface area contributed by atoms with Crippen LogP contribution in [-0.4, -0.2) is 196 Å². The second-order valence-corrected chi connectivity index (χ2v) is 26.0. The van der Waals surface area contributed by atoms with Gasteiger partial charge in [-0.25, -0.2) is 29.5 Å². The number of primary amides is 1. The monoisotopic (exact) mass is 1320 g/mol. The predicted octanol–water partition coefficient (Wildman–Crippen LogP) is 5.17. The summed E-state index contributed by atoms with van der Waals surface area (Å²) in [7, 11) is -1.15. The molecule has 3 amide bonds. The average molecular weight is 1320 g/mol. The van der Waals surface area contributed by atoms with Crippen LogP contribution in [0.1, 0.15) is 169 Å². The lowest BCUT2D eigenvalue weighted by Crippen LogP contribution is -2.41. The highest BCUT2D eigenvalue weighted by atomic mass is 31.2. The van der Waals surface area contributed by atoms with Crippen molar-refractivity contribution in [1.82, 2.24) is 48.3 Å². The van der Waals surface area contributed by atoms with E-state index in [0.717, 1.165) is 134 Å². The van der Waals surface area contributed by atoms with Crippen molar-refractivity contribution in [3.8, 4) is 11.9 Å². The Bertz CT molecular complexity index is 3400. The largest absolute Gasteiger partial charge is 0.461 e. The molecule has 0 aromatic carbocycles. The number of nitrogens with one attached hydrogen (secondary N) is 3. The number of amides is 3. The molecule has 0 unspecified atom stereocenters. The van der Waals surface area contributed by atoms with Gasteiger partial charge in [-0.2, -0.15) is 5.26 Å². The summed E-state index contributed by atoms with van der Waals surface area (Å²) in [6.07, 6.45) is 18.6. The van der Waals surface area contributed by atoms with Gasteiger partial charge in [-0.05, 0) is 90.9 Å². The van der Waals surface area contributed by atoms with Crippen molar-refractivity contribution in [2.24, 2.45) is 24.6 Å². The van der Waals surface area contributed by atoms with Gasteiger partial charge in [0.05, 0.1) is 62.8 Å². The van der Waals surface area contributed by atoms with Crippen LogP contribution in [0.3, 0.4) is 0 Å². The fraction of sp³-hybridized carbons (Fsp3) is 0.645. The summed E-state index contributed by atoms with van der Waals surface area (Å²) in [5, 5.41) is 26.6. The van der Waals surface area contributed by atoms with Crippen molar-refractivity contribution < 1.29 is 76.1 Å². The van der Waals surface area contributed by atoms with Crippen LogP contribution in [-0.2, 0) is 72.2 Å². The molecular weight excluding hydrogens is 1230 g/mol. The van der Waals surface area contributed by atoms with E-state index in [1.807, 2.05) is 0 Å². The molecule has 7 aliphatic heterocycles. The van der Waals surface area contributed by atoms with E-state index in [1.165, 1.54) is 24.1 Å². The Balaban J connectivity index is 0.000000162. The zero-order valence-corrected chi connectivity index (χ0v) is 54.8. The van der Waals surface area contributed by atoms with Crippen molar-refractivity contribution in [2.75, 3.05) is 112 Å². The first kappa shape index (κ1) is 72.9. The number of esters is 2. The van der Waals surface area contributed by atoms with Gasteiger partial charge in [0, 0.05) is 135 Å². The lowest BCUT2D eigenvalue weighted by molar-refractivity contribution is -0.121. The van der Waals surface area contributed by atoms with Gasteiger partial charge < -0.3 is 72.8 Å². The van der Waals surface area contributed by atoms with Crippen LogP contribution in [0.15, 0.2) is 35.8 Å². The molecule has 12 heterocycles. The average Bonchev–Trinajstić information content (AvgIpc) is 1.69. The van der Waals surface area contributed by atoms with E-state index >= 15 is 0 Å². The van der Waals surface area contributed by atoms with E-state index in [1.54, 1.807) is 59.2 Å². The molecule has 0 atom stereocenters. The SMILES string of the molecule is CCOC(=O)c1cnc(C2CCOCC2)[nH]1.CCOC(=O)c1cnc(C2CCOCC2)n1CC(N)=O.Cn1c(OP(C)(C)=O)cn2c(C3CCOCC3)ncc2c1=O.N#CC1CCOCC1.N=C(CO)C1CCOCC1.O=C1Cn2c(cnc2C2CCOCC2)C(=O)N1. The Labute approximate surface area is 539 Å². The fourth-order valence-electron chi connectivity index (χ4n) is 11.3. The van der Waals surface area contributed by atoms with Gasteiger partial charge in [-0.15, -0.1) is 0 Å². The Hall–Kier alpha value is -7.49. The van der Waals surface area contributed by atoms with E-state index in [0.29, 0.717) is 80.6 Å². The van der Waals surface area contributed by atoms with Gasteiger partial charge in [0.15, 0.2) is 0 Å². The van der Waals surface area contributed by atoms with E-state index in [2.05, 4.69) is 36.3 Å². The minimum absolute atomic E-state index is 0.0686. The number of ether oxygens (including phenoxy) is 8. The Kier molecular flexibility index (Phi) is 28.9. The molecule has 31 heteroatoms. The quantitative estimate of drug-likeness (QED) is 0.0414. The number of hydrogen-bond donors (Lipinski definition) is 5. The highest BCUT2D eigenvalue weighted by molar-refractivity contribution is 7.57. The molecule has 5 aromatic rings. The summed E-state index contributed by atoms with van der Waals surface area (Å²) in [6, 6.07) is 2.22. The first-order chi connectivity index (χ1) is 44.8. The minimum atomic E-state index is -2.75. The smallest absolute Gasteiger partial charge is 0.356 e. The Morgan fingerprint density at radius 1 is 0.699 bits per heavy atom. The molecule has 7 aliphatic rings. The van der Waals surface area contributed by atoms with Crippen molar-refractivity contribution in [2.45, 2.75) is 128 Å². The zero-order valence-electron chi connectivity index (χ0n) is 53.9. The summed E-state index contributed by atoms with van der Waals surface area (Å²) in [5.74, 6) is 3.21. The Morgan fingerprint density at radius 3 is 1.71 bits per heavy atom. The lowest BCUT2D eigenvalue weighted by atomic mass is 9.95. The first-order valence-corrected chi connectivity index (χ1v) is 34.3. The third-order valence-corrected chi connectivity index (χ3v) is 17.0. The number of H-pyrrole nitrogens is 1. The summed E-state index contributed by atoms with van der Waals surface area (Å²) >= 11 is 0. The number of nitrogens with zero attached hydrogens (tertiary/aromatic N) is 9. The molecule has 0 spiro atoms. The molecule has 6 N–H and O–H groups in total. The third kappa shape index (κ3) is 21.5. The molecule has 0 bridgehead atoms. The molecule has 5 aromatic heterocycles. The van der Waals surface area contributed by atoms with Crippen molar-refractivity contribution in [3.05, 3.63) is 81.7 Å². The van der Waals surface area contributed by atoms with Crippen LogP contribution >= 0.6 is 7.37 Å². The second-order valence-electron chi connectivity index (χ2n) is 23.3. The highest BCUT2D eigenvalue weighted by Crippen LogP contribution is 2.39. The van der Waals surface area contributed by atoms with Gasteiger partial charge in [-0.1, -0.05) is 0 Å². The number of carbonyl (C=O) groups excluding carboxylic acids is 5. The predicted molar refractivity (Wildman–Crippen MR) is 336 cm³/mol. The van der Waals surface area contributed by atoms with Crippen LogP contribution < -0.4 is 21.1 Å². The van der Waals surface area contributed by atoms with Gasteiger partial charge in [0.2, 0.25) is 25.1 Å². The maximum absolute atomic E-state index is 12.4. The van der Waals surface area contributed by atoms with Crippen molar-refractivity contribution in [1.29, 1.82) is 10.7 Å². The standard InChI is InChI=1S/C14H20N3O4P.C13H19N3O4.C11H13N3O3.C11H16N2O3.C7H13NO2.C6H9NO/c1-16-12(21-22(2,3)19)9-17-11(14(16)18)8-15-13(17)10-4-6-20-7-5-10;1-2-20-13(18)10-7-15-12(16(10)8-11(14)17)9-3-5-19-6-4-9;15-9-6-14-8(11(16)13-9)5-12-10(14)7-1-3-17-4-2-7;1-2-16-11(14)9-7-12-10(13-9)8-3-5-15-6-4-8;8-7(5-9)6-1-3-10-4-2-6;7-5-6-1-3-8-4-2-6/h8-10H,4-7H2,1-3H3;7,9H,2-6,8H2,1H3,(H2,14,17);5,7H,1-4,6H2,(H,13,15,16);7-8H,2-6H2,1H3,(H,12,13);6,8-9H,1-5H2;6H,1-4H2. The van der Waals surface area contributed by atoms with E-state index < -0.39 is 19.2 Å². The number of aromatic amines is 1. The maximum Gasteiger partial charge on any atom is 0.356 e. The van der Waals surface area contributed by atoms with Crippen LogP contribution in [0.5, 0.6) is 5.88 Å². The molecule has 93 heavy (non-hydrogen) atoms. The van der Waals surface area contributed by atoms with Gasteiger partial charge in [0.1, 0.15) is 59.0 Å². The number of aliphatic hydroxyl groups is 1. The molecule has 510 valence electrons. The van der Waals surface area contributed by atoms with Gasteiger partial charge in [0.25, 0.3) is 11.5 Å². The number of nitrogens with two attached hydrogens (primary N) is 1. The number of imidazole rings is 4. The Morgan fingerprint density at radius 2 is 1.19 bits per heavy atom. The minimum Gasteiger partial charge on any atom is -0.461 e. The summed E-state index contributed by atoms with van der Waals surface area (Å²) in [5.41, 5.74) is 7.19. The maximum atomic E-state index is 12.4. The first-order valence-electron chi connectivity index (χ1n) is 31.8. The number of aliphatic hydroxyl groups excluding tert-OH is 1. The van der Waals surface area contributed by atoms with Crippen LogP contribution in [0.2, 0.25) is 0 Å². The number of rotatable bonds is 14. The third-order valence-electron chi connectivity index (χ3n) is 16.3. The number of nitriles is 1. The number of carbonyl (C=O) groups is 5. The number of aromatic nitrogens is 9. The molecule has 6 saturated heterocycles. The summed E-state index contributed by atoms with van der Waals surface area (Å²) < 4.78 is 65.1. The zero-order chi connectivity index (χ0) is 66.9. The number of imide groups is 1. The van der Waals surface area contributed by atoms with E-state index in [4.69, 9.17) is 63.9 Å². The molecule has 0 saturated carbocycles. The topological polar surface area (TPSA) is 395 Å². The molecule has 6 fully saturated rings. The molecule has 0 radical (unpaired) electrons. The van der Waals surface area contributed by atoms with Crippen LogP contribution in [0.4, 0.5) is 0 Å². The van der Waals surface area contributed by atoms with E-state index in [-0.39, 0.29) is 90.8 Å². The van der Waals surface area contributed by atoms with Crippen LogP contribution in [0.25, 0.3) is 5.52 Å². The van der Waals surface area contributed by atoms with Gasteiger partial charge >= 0.3 is 11.9 Å². The summed E-state index contributed by atoms with van der Waals surface area (Å²) in [4.78, 5) is 90.2. The summed E-state index contributed by atoms with van der Waals surface area (Å²) in [6.45, 7) is 15.9. The van der Waals surface area contributed by atoms with E-state index in [9.17, 15) is 33.3 Å². The van der Waals surface area contributed by atoms with Crippen molar-refractivity contribution in [3.63, 3.8) is 0 Å². The number of hydrogen-bond acceptors (Lipinski definition) is 23. The fourth-order valence-corrected chi connectivity index (χ4v) is 11.9. The lowest BCUT2D eigenvalue weighted by Gasteiger charge is -2.24. The van der Waals surface area contributed by atoms with Crippen LogP contribution in [0, 0.1) is 28.6 Å². The van der Waals surface area contributed by atoms with Crippen molar-refractivity contribution >= 4 is 48.3 Å². The number of fused-ring (bicyclic) bond motifs is 2. The highest BCUT2D eigenvalue weighted by Gasteiger charge is 2.31. The molecular formula is C62H90N13O17P. The molecule has 30 nitrogen and oxygen atoms in total. The molecule has 0 aliphatic carbocycles. The normalized spacial score (nSPS) is 18.5.